The Hall–Kier alpha value is -7.02. The van der Waals surface area contributed by atoms with E-state index in [0.29, 0.717) is 62.0 Å². The fourth-order valence-electron chi connectivity index (χ4n) is 8.91. The summed E-state index contributed by atoms with van der Waals surface area (Å²) in [6.45, 7) is 1.86. The number of aliphatic hydroxyl groups excluding tert-OH is 1. The van der Waals surface area contributed by atoms with Gasteiger partial charge in [-0.3, -0.25) is 24.7 Å². The summed E-state index contributed by atoms with van der Waals surface area (Å²) >= 11 is 0. The number of nitrogens with one attached hydrogen (secondary N) is 3. The van der Waals surface area contributed by atoms with E-state index in [0.717, 1.165) is 78.1 Å². The summed E-state index contributed by atoms with van der Waals surface area (Å²) in [4.78, 5) is 62.2. The van der Waals surface area contributed by atoms with Crippen LogP contribution in [0, 0.1) is 40.2 Å². The number of alkyl carbamates (subject to hydrolysis) is 1. The third kappa shape index (κ3) is 15.5. The Kier molecular flexibility index (Phi) is 20.3. The molecule has 80 heavy (non-hydrogen) atoms. The molecule has 6 rings (SSSR count). The minimum Gasteiger partial charge on any atom is -0.469 e. The van der Waals surface area contributed by atoms with Crippen molar-refractivity contribution in [1.29, 1.82) is 0 Å². The van der Waals surface area contributed by atoms with Gasteiger partial charge in [0, 0.05) is 86.6 Å². The van der Waals surface area contributed by atoms with Crippen molar-refractivity contribution in [3.05, 3.63) is 101 Å². The summed E-state index contributed by atoms with van der Waals surface area (Å²) in [5.41, 5.74) is -4.20. The monoisotopic (exact) mass is 1140 g/mol. The number of hydrogen-bond acceptors (Lipinski definition) is 13. The number of methoxy groups -OCH3 is 2. The number of pyridine rings is 1. The van der Waals surface area contributed by atoms with Gasteiger partial charge in [-0.25, -0.2) is 28.3 Å². The second-order valence-corrected chi connectivity index (χ2v) is 20.4. The fraction of sp³-hybridized carbons (Fsp3) is 0.509. The third-order valence-corrected chi connectivity index (χ3v) is 14.3. The van der Waals surface area contributed by atoms with Gasteiger partial charge in [0.05, 0.1) is 61.8 Å². The van der Waals surface area contributed by atoms with Crippen LogP contribution in [0.5, 0.6) is 0 Å². The van der Waals surface area contributed by atoms with Crippen molar-refractivity contribution in [1.82, 2.24) is 40.7 Å². The van der Waals surface area contributed by atoms with Crippen LogP contribution in [0.4, 0.5) is 54.5 Å². The Morgan fingerprint density at radius 2 is 1.46 bits per heavy atom. The summed E-state index contributed by atoms with van der Waals surface area (Å²) < 4.78 is 161. The van der Waals surface area contributed by atoms with E-state index in [1.807, 2.05) is 17.4 Å². The second kappa shape index (κ2) is 26.1. The summed E-state index contributed by atoms with van der Waals surface area (Å²) in [6.07, 6.45) is -12.1. The first-order valence-electron chi connectivity index (χ1n) is 25.1. The van der Waals surface area contributed by atoms with Crippen LogP contribution in [-0.2, 0) is 41.6 Å². The maximum Gasteiger partial charge on any atom is 0.407 e. The number of carbonyl (C=O) groups is 4. The number of benzene rings is 2. The molecule has 0 saturated carbocycles. The molecule has 5 atom stereocenters. The smallest absolute Gasteiger partial charge is 0.407 e. The van der Waals surface area contributed by atoms with Gasteiger partial charge in [0.15, 0.2) is 0 Å². The maximum absolute atomic E-state index is 16.0. The third-order valence-electron chi connectivity index (χ3n) is 14.3. The number of ether oxygens (including phenoxy) is 3. The lowest BCUT2D eigenvalue weighted by Gasteiger charge is -2.38. The molecular weight excluding hydrogens is 1080 g/mol. The molecule has 2 fully saturated rings. The van der Waals surface area contributed by atoms with E-state index in [9.17, 15) is 59.4 Å². The van der Waals surface area contributed by atoms with Gasteiger partial charge in [-0.15, -0.1) is 0 Å². The van der Waals surface area contributed by atoms with Crippen LogP contribution in [0.2, 0.25) is 0 Å². The van der Waals surface area contributed by atoms with Crippen LogP contribution in [0.1, 0.15) is 69.3 Å². The van der Waals surface area contributed by atoms with E-state index in [1.165, 1.54) is 12.1 Å². The van der Waals surface area contributed by atoms with Crippen molar-refractivity contribution < 1.29 is 82.4 Å². The van der Waals surface area contributed by atoms with Gasteiger partial charge in [0.25, 0.3) is 0 Å². The molecule has 3 amide bonds. The fourth-order valence-corrected chi connectivity index (χ4v) is 8.91. The van der Waals surface area contributed by atoms with Gasteiger partial charge in [0.2, 0.25) is 11.8 Å². The van der Waals surface area contributed by atoms with Crippen LogP contribution >= 0.6 is 0 Å². The number of esters is 1. The number of amides is 3. The Morgan fingerprint density at radius 3 is 2.00 bits per heavy atom. The summed E-state index contributed by atoms with van der Waals surface area (Å²) in [5, 5.41) is 20.3. The normalized spacial score (nSPS) is 17.0. The van der Waals surface area contributed by atoms with Crippen molar-refractivity contribution in [2.45, 2.75) is 96.6 Å². The first-order chi connectivity index (χ1) is 37.5. The van der Waals surface area contributed by atoms with Crippen LogP contribution in [0.15, 0.2) is 67.0 Å². The molecule has 0 spiro atoms. The molecule has 2 aliphatic rings. The molecule has 4 N–H and O–H groups in total. The Bertz CT molecular complexity index is 2820. The van der Waals surface area contributed by atoms with Gasteiger partial charge in [-0.2, -0.15) is 40.2 Å². The Morgan fingerprint density at radius 1 is 0.838 bits per heavy atom. The zero-order valence-electron chi connectivity index (χ0n) is 44.4. The molecule has 0 radical (unpaired) electrons. The van der Waals surface area contributed by atoms with E-state index in [2.05, 4.69) is 51.9 Å². The van der Waals surface area contributed by atoms with Gasteiger partial charge < -0.3 is 34.9 Å². The van der Waals surface area contributed by atoms with Crippen LogP contribution in [-0.4, -0.2) is 150 Å². The largest absolute Gasteiger partial charge is 0.469 e. The molecule has 2 aromatic carbocycles. The van der Waals surface area contributed by atoms with Crippen molar-refractivity contribution in [3.8, 4) is 23.1 Å². The zero-order chi connectivity index (χ0) is 58.9. The number of nitrogens with zero attached hydrogens (tertiary/aromatic N) is 6. The highest BCUT2D eigenvalue weighted by molar-refractivity contribution is 5.87. The standard InChI is InChI=1S/C53H61F10N9O8/c1-50(2,52(58,59)60)37(26-44(74)78-5)46(75)68-71(28-36-38(54)24-34(25-39(36)55)40-15-17-72(67-40)48(56)57)29-42(73)41(65-47(76)45(66-49(77)79-6)51(3,4)53(61,62)63)23-32-10-7-31(8-11-32)9-12-33-13-14-43(64-27-33)70-20-18-69(19-21-70)35-16-22-80-30-35/h7-8,10-11,13-15,17,24-25,27,35,37,41-42,45,48,73H,16,18-23,26,28-30H2,1-6H3,(H,65,76)(H,66,77)(H,68,75)/t35-,37+,41-,42-,45+/m0/s1. The number of rotatable bonds is 20. The van der Waals surface area contributed by atoms with Crippen molar-refractivity contribution in [2.75, 3.05) is 65.1 Å². The SMILES string of the molecule is COC(=O)C[C@H](C(=O)NN(Cc1c(F)cc(-c2ccn(C(F)F)n2)cc1F)C[C@H](O)[C@H](Cc1ccc(C#Cc2ccc(N3CCN([C@H]4CCOC4)CC3)nc2)cc1)NC(=O)[C@@H](NC(=O)OC)C(C)(C)C(F)(F)F)C(C)(C)C(F)(F)F. The molecule has 4 heterocycles. The highest BCUT2D eigenvalue weighted by Gasteiger charge is 2.57. The van der Waals surface area contributed by atoms with Gasteiger partial charge >= 0.3 is 31.0 Å². The average molecular weight is 1140 g/mol. The lowest BCUT2D eigenvalue weighted by atomic mass is 9.75. The molecule has 4 aromatic rings. The minimum absolute atomic E-state index is 0.203. The van der Waals surface area contributed by atoms with E-state index >= 15 is 8.78 Å². The van der Waals surface area contributed by atoms with Crippen LogP contribution in [0.3, 0.4) is 0 Å². The zero-order valence-corrected chi connectivity index (χ0v) is 44.4. The molecule has 2 aliphatic heterocycles. The quantitative estimate of drug-likeness (QED) is 0.0309. The summed E-state index contributed by atoms with van der Waals surface area (Å²) in [7, 11) is 1.67. The lowest BCUT2D eigenvalue weighted by Crippen LogP contribution is -2.62. The van der Waals surface area contributed by atoms with E-state index in [-0.39, 0.29) is 21.5 Å². The Balaban J connectivity index is 1.31. The number of alkyl halides is 8. The van der Waals surface area contributed by atoms with Crippen molar-refractivity contribution in [2.24, 2.45) is 16.7 Å². The first kappa shape index (κ1) is 62.2. The van der Waals surface area contributed by atoms with E-state index < -0.39 is 121 Å². The number of aliphatic hydroxyl groups is 1. The predicted octanol–water partition coefficient (Wildman–Crippen LogP) is 6.93. The van der Waals surface area contributed by atoms with Crippen molar-refractivity contribution in [3.63, 3.8) is 0 Å². The van der Waals surface area contributed by atoms with Crippen LogP contribution < -0.4 is 21.0 Å². The molecule has 436 valence electrons. The molecule has 2 saturated heterocycles. The molecule has 0 bridgehead atoms. The van der Waals surface area contributed by atoms with Gasteiger partial charge in [-0.05, 0) is 74.7 Å². The maximum atomic E-state index is 16.0. The minimum atomic E-state index is -5.17. The number of anilines is 1. The highest BCUT2D eigenvalue weighted by atomic mass is 19.4. The lowest BCUT2D eigenvalue weighted by molar-refractivity contribution is -0.231. The number of hydrogen-bond donors (Lipinski definition) is 4. The molecule has 2 aromatic heterocycles. The number of carbonyl (C=O) groups excluding carboxylic acids is 4. The first-order valence-corrected chi connectivity index (χ1v) is 25.1. The molecule has 0 aliphatic carbocycles. The highest BCUT2D eigenvalue weighted by Crippen LogP contribution is 2.45. The molecular formula is C53H61F10N9O8. The number of halogens is 10. The number of piperazine rings is 1. The van der Waals surface area contributed by atoms with E-state index in [1.54, 1.807) is 18.3 Å². The average Bonchev–Trinajstić information content (AvgIpc) is 4.22. The molecule has 0 unspecified atom stereocenters. The van der Waals surface area contributed by atoms with Gasteiger partial charge in [-0.1, -0.05) is 37.8 Å². The molecule has 17 nitrogen and oxygen atoms in total. The van der Waals surface area contributed by atoms with Crippen LogP contribution in [0.25, 0.3) is 11.3 Å². The number of hydrazine groups is 1. The summed E-state index contributed by atoms with van der Waals surface area (Å²) in [5.74, 6) is -2.71. The van der Waals surface area contributed by atoms with Crippen molar-refractivity contribution >= 4 is 29.7 Å². The number of aromatic nitrogens is 3. The Labute approximate surface area is 454 Å². The van der Waals surface area contributed by atoms with E-state index in [4.69, 9.17) is 4.74 Å². The predicted molar refractivity (Wildman–Crippen MR) is 268 cm³/mol. The van der Waals surface area contributed by atoms with Gasteiger partial charge in [0.1, 0.15) is 23.5 Å². The second-order valence-electron chi connectivity index (χ2n) is 20.4. The summed E-state index contributed by atoms with van der Waals surface area (Å²) in [6, 6.07) is 8.33. The topological polar surface area (TPSA) is 193 Å². The molecule has 27 heteroatoms.